The SMILES string of the molecule is CC(c1cccnc1)N(C)C(=O)C=Cc1ccc(-c2ccc(F)cc2)s1. The smallest absolute Gasteiger partial charge is 0.246 e. The van der Waals surface area contributed by atoms with E-state index in [2.05, 4.69) is 4.98 Å². The molecule has 26 heavy (non-hydrogen) atoms. The van der Waals surface area contributed by atoms with Gasteiger partial charge in [-0.3, -0.25) is 9.78 Å². The van der Waals surface area contributed by atoms with Crippen LogP contribution in [-0.4, -0.2) is 22.8 Å². The molecule has 132 valence electrons. The van der Waals surface area contributed by atoms with E-state index >= 15 is 0 Å². The summed E-state index contributed by atoms with van der Waals surface area (Å²) in [7, 11) is 1.78. The van der Waals surface area contributed by atoms with Crippen molar-refractivity contribution in [1.29, 1.82) is 0 Å². The van der Waals surface area contributed by atoms with E-state index in [4.69, 9.17) is 0 Å². The quantitative estimate of drug-likeness (QED) is 0.583. The van der Waals surface area contributed by atoms with Gasteiger partial charge in [0.2, 0.25) is 5.91 Å². The molecule has 0 fully saturated rings. The van der Waals surface area contributed by atoms with Gasteiger partial charge in [0.1, 0.15) is 5.82 Å². The zero-order valence-electron chi connectivity index (χ0n) is 14.6. The summed E-state index contributed by atoms with van der Waals surface area (Å²) < 4.78 is 13.0. The standard InChI is InChI=1S/C21H19FN2OS/c1-15(17-4-3-13-23-14-17)24(2)21(25)12-10-19-9-11-20(26-19)16-5-7-18(22)8-6-16/h3-15H,1-2H3. The van der Waals surface area contributed by atoms with Gasteiger partial charge in [0.15, 0.2) is 0 Å². The number of nitrogens with zero attached hydrogens (tertiary/aromatic N) is 2. The minimum Gasteiger partial charge on any atom is -0.335 e. The number of hydrogen-bond donors (Lipinski definition) is 0. The number of aromatic nitrogens is 1. The normalized spacial score (nSPS) is 12.3. The van der Waals surface area contributed by atoms with Crippen molar-refractivity contribution >= 4 is 23.3 Å². The first-order valence-electron chi connectivity index (χ1n) is 8.25. The van der Waals surface area contributed by atoms with E-state index in [9.17, 15) is 9.18 Å². The van der Waals surface area contributed by atoms with Gasteiger partial charge in [0.25, 0.3) is 0 Å². The number of carbonyl (C=O) groups excluding carboxylic acids is 1. The first-order chi connectivity index (χ1) is 12.5. The van der Waals surface area contributed by atoms with Crippen LogP contribution in [0.25, 0.3) is 16.5 Å². The maximum atomic E-state index is 13.0. The Balaban J connectivity index is 1.67. The van der Waals surface area contributed by atoms with Crippen LogP contribution in [-0.2, 0) is 4.79 Å². The van der Waals surface area contributed by atoms with Gasteiger partial charge in [0.05, 0.1) is 6.04 Å². The van der Waals surface area contributed by atoms with Crippen LogP contribution in [0, 0.1) is 5.82 Å². The summed E-state index contributed by atoms with van der Waals surface area (Å²) in [5.41, 5.74) is 1.95. The van der Waals surface area contributed by atoms with Crippen LogP contribution >= 0.6 is 11.3 Å². The predicted molar refractivity (Wildman–Crippen MR) is 104 cm³/mol. The zero-order chi connectivity index (χ0) is 18.5. The molecule has 1 unspecified atom stereocenters. The summed E-state index contributed by atoms with van der Waals surface area (Å²) in [6, 6.07) is 14.1. The molecule has 2 aromatic heterocycles. The maximum absolute atomic E-state index is 13.0. The van der Waals surface area contributed by atoms with E-state index in [-0.39, 0.29) is 17.8 Å². The van der Waals surface area contributed by atoms with E-state index in [1.54, 1.807) is 53.9 Å². The molecule has 1 atom stereocenters. The van der Waals surface area contributed by atoms with Crippen molar-refractivity contribution in [1.82, 2.24) is 9.88 Å². The van der Waals surface area contributed by atoms with E-state index in [1.165, 1.54) is 12.1 Å². The van der Waals surface area contributed by atoms with Gasteiger partial charge in [0, 0.05) is 35.3 Å². The third kappa shape index (κ3) is 4.24. The van der Waals surface area contributed by atoms with Crippen molar-refractivity contribution in [2.24, 2.45) is 0 Å². The molecule has 3 rings (SSSR count). The summed E-state index contributed by atoms with van der Waals surface area (Å²) in [5.74, 6) is -0.320. The molecule has 3 nitrogen and oxygen atoms in total. The lowest BCUT2D eigenvalue weighted by Crippen LogP contribution is -2.28. The third-order valence-electron chi connectivity index (χ3n) is 4.24. The van der Waals surface area contributed by atoms with Crippen LogP contribution in [0.5, 0.6) is 0 Å². The second-order valence-electron chi connectivity index (χ2n) is 5.95. The average Bonchev–Trinajstić information content (AvgIpc) is 3.15. The molecule has 0 bridgehead atoms. The molecular weight excluding hydrogens is 347 g/mol. The van der Waals surface area contributed by atoms with Crippen molar-refractivity contribution in [3.05, 3.63) is 83.3 Å². The summed E-state index contributed by atoms with van der Waals surface area (Å²) >= 11 is 1.56. The van der Waals surface area contributed by atoms with Gasteiger partial charge in [-0.1, -0.05) is 18.2 Å². The van der Waals surface area contributed by atoms with E-state index in [1.807, 2.05) is 37.3 Å². The highest BCUT2D eigenvalue weighted by atomic mass is 32.1. The fraction of sp³-hybridized carbons (Fsp3) is 0.143. The van der Waals surface area contributed by atoms with Gasteiger partial charge in [-0.25, -0.2) is 4.39 Å². The van der Waals surface area contributed by atoms with Gasteiger partial charge < -0.3 is 4.90 Å². The fourth-order valence-electron chi connectivity index (χ4n) is 2.52. The molecular formula is C21H19FN2OS. The Bertz CT molecular complexity index is 903. The van der Waals surface area contributed by atoms with Crippen LogP contribution in [0.3, 0.4) is 0 Å². The second kappa shape index (κ2) is 8.06. The van der Waals surface area contributed by atoms with Crippen LogP contribution in [0.1, 0.15) is 23.4 Å². The first kappa shape index (κ1) is 18.0. The number of hydrogen-bond acceptors (Lipinski definition) is 3. The number of likely N-dealkylation sites (N-methyl/N-ethyl adjacent to an activating group) is 1. The molecule has 5 heteroatoms. The molecule has 2 heterocycles. The Morgan fingerprint density at radius 1 is 1.19 bits per heavy atom. The molecule has 0 saturated heterocycles. The van der Waals surface area contributed by atoms with Crippen molar-refractivity contribution in [3.63, 3.8) is 0 Å². The minimum absolute atomic E-state index is 0.0565. The average molecular weight is 366 g/mol. The molecule has 0 aliphatic heterocycles. The van der Waals surface area contributed by atoms with Crippen molar-refractivity contribution in [3.8, 4) is 10.4 Å². The molecule has 0 spiro atoms. The topological polar surface area (TPSA) is 33.2 Å². The van der Waals surface area contributed by atoms with Gasteiger partial charge in [-0.2, -0.15) is 0 Å². The van der Waals surface area contributed by atoms with E-state index < -0.39 is 0 Å². The highest BCUT2D eigenvalue weighted by Gasteiger charge is 2.15. The van der Waals surface area contributed by atoms with E-state index in [0.717, 1.165) is 20.9 Å². The summed E-state index contributed by atoms with van der Waals surface area (Å²) in [4.78, 5) is 20.2. The molecule has 0 aliphatic rings. The highest BCUT2D eigenvalue weighted by Crippen LogP contribution is 2.29. The molecule has 0 aliphatic carbocycles. The number of rotatable bonds is 5. The number of benzene rings is 1. The third-order valence-corrected chi connectivity index (χ3v) is 5.34. The molecule has 1 aromatic carbocycles. The minimum atomic E-state index is -0.248. The molecule has 3 aromatic rings. The van der Waals surface area contributed by atoms with Gasteiger partial charge in [-0.15, -0.1) is 11.3 Å². The van der Waals surface area contributed by atoms with Gasteiger partial charge in [-0.05, 0) is 54.5 Å². The summed E-state index contributed by atoms with van der Waals surface area (Å²) in [5, 5.41) is 0. The monoisotopic (exact) mass is 366 g/mol. The first-order valence-corrected chi connectivity index (χ1v) is 9.07. The van der Waals surface area contributed by atoms with Crippen LogP contribution in [0.2, 0.25) is 0 Å². The Hall–Kier alpha value is -2.79. The number of pyridine rings is 1. The van der Waals surface area contributed by atoms with Gasteiger partial charge >= 0.3 is 0 Å². The number of amides is 1. The van der Waals surface area contributed by atoms with Crippen molar-refractivity contribution in [2.45, 2.75) is 13.0 Å². The second-order valence-corrected chi connectivity index (χ2v) is 7.07. The highest BCUT2D eigenvalue weighted by molar-refractivity contribution is 7.16. The Morgan fingerprint density at radius 2 is 1.96 bits per heavy atom. The lowest BCUT2D eigenvalue weighted by Gasteiger charge is -2.23. The molecule has 1 amide bonds. The number of thiophene rings is 1. The fourth-order valence-corrected chi connectivity index (χ4v) is 3.44. The van der Waals surface area contributed by atoms with E-state index in [0.29, 0.717) is 0 Å². The lowest BCUT2D eigenvalue weighted by molar-refractivity contribution is -0.126. The Labute approximate surface area is 156 Å². The molecule has 0 saturated carbocycles. The van der Waals surface area contributed by atoms with Crippen LogP contribution in [0.15, 0.2) is 67.0 Å². The largest absolute Gasteiger partial charge is 0.335 e. The lowest BCUT2D eigenvalue weighted by atomic mass is 10.1. The van der Waals surface area contributed by atoms with Crippen LogP contribution < -0.4 is 0 Å². The maximum Gasteiger partial charge on any atom is 0.246 e. The summed E-state index contributed by atoms with van der Waals surface area (Å²) in [6.45, 7) is 1.97. The predicted octanol–water partition coefficient (Wildman–Crippen LogP) is 5.18. The zero-order valence-corrected chi connectivity index (χ0v) is 15.4. The van der Waals surface area contributed by atoms with Crippen molar-refractivity contribution in [2.75, 3.05) is 7.05 Å². The number of halogens is 1. The molecule has 0 radical (unpaired) electrons. The Morgan fingerprint density at radius 3 is 2.65 bits per heavy atom. The summed E-state index contributed by atoms with van der Waals surface area (Å²) in [6.07, 6.45) is 6.87. The van der Waals surface area contributed by atoms with Crippen LogP contribution in [0.4, 0.5) is 4.39 Å². The molecule has 0 N–H and O–H groups in total. The number of carbonyl (C=O) groups is 1. The Kier molecular flexibility index (Phi) is 5.58. The van der Waals surface area contributed by atoms with Crippen molar-refractivity contribution < 1.29 is 9.18 Å².